The number of amides is 2. The molecule has 1 aliphatic heterocycles. The molecule has 3 rings (SSSR count). The number of pyridine rings is 1. The van der Waals surface area contributed by atoms with Crippen molar-refractivity contribution in [2.75, 3.05) is 26.2 Å². The van der Waals surface area contributed by atoms with Crippen molar-refractivity contribution in [3.05, 3.63) is 56.4 Å². The number of aryl methyl sites for hydroxylation is 1. The number of nitrogens with zero attached hydrogens (tertiary/aromatic N) is 2. The Morgan fingerprint density at radius 2 is 1.77 bits per heavy atom. The monoisotopic (exact) mass is 377 g/mol. The molecule has 3 heterocycles. The summed E-state index contributed by atoms with van der Waals surface area (Å²) in [5.41, 5.74) is 0.635. The Hall–Kier alpha value is -2.54. The molecule has 2 aromatic heterocycles. The summed E-state index contributed by atoms with van der Waals surface area (Å²) in [6.07, 6.45) is 2.08. The molecule has 0 aromatic carbocycles. The normalized spacial score (nSPS) is 15.0. The molecule has 138 valence electrons. The maximum absolute atomic E-state index is 12.9. The lowest BCUT2D eigenvalue weighted by Crippen LogP contribution is -2.39. The highest BCUT2D eigenvalue weighted by molar-refractivity contribution is 6.32. The number of rotatable bonds is 2. The highest BCUT2D eigenvalue weighted by atomic mass is 35.5. The fraction of sp³-hybridized carbons (Fsp3) is 0.389. The Morgan fingerprint density at radius 3 is 2.38 bits per heavy atom. The van der Waals surface area contributed by atoms with Crippen molar-refractivity contribution in [2.24, 2.45) is 0 Å². The van der Waals surface area contributed by atoms with Crippen LogP contribution in [0.1, 0.15) is 38.6 Å². The fourth-order valence-electron chi connectivity index (χ4n) is 3.14. The van der Waals surface area contributed by atoms with E-state index in [9.17, 15) is 14.4 Å². The van der Waals surface area contributed by atoms with Gasteiger partial charge in [-0.1, -0.05) is 11.6 Å². The summed E-state index contributed by atoms with van der Waals surface area (Å²) in [5, 5.41) is 0.386. The predicted octanol–water partition coefficient (Wildman–Crippen LogP) is 2.23. The third-order valence-electron chi connectivity index (χ3n) is 4.58. The van der Waals surface area contributed by atoms with Gasteiger partial charge in [0, 0.05) is 31.9 Å². The van der Waals surface area contributed by atoms with Crippen LogP contribution in [0.3, 0.4) is 0 Å². The molecule has 26 heavy (non-hydrogen) atoms. The zero-order valence-corrected chi connectivity index (χ0v) is 15.4. The number of nitrogens with one attached hydrogen (secondary N) is 1. The first-order valence-corrected chi connectivity index (χ1v) is 8.79. The molecule has 0 spiro atoms. The van der Waals surface area contributed by atoms with Crippen molar-refractivity contribution < 1.29 is 14.0 Å². The minimum atomic E-state index is -0.442. The Bertz CT molecular complexity index is 889. The molecule has 0 radical (unpaired) electrons. The van der Waals surface area contributed by atoms with E-state index in [2.05, 4.69) is 4.98 Å². The van der Waals surface area contributed by atoms with Crippen LogP contribution in [0.4, 0.5) is 0 Å². The Kier molecular flexibility index (Phi) is 5.18. The van der Waals surface area contributed by atoms with Gasteiger partial charge >= 0.3 is 0 Å². The number of hydrogen-bond acceptors (Lipinski definition) is 4. The first kappa shape index (κ1) is 18.3. The molecule has 0 unspecified atom stereocenters. The van der Waals surface area contributed by atoms with Crippen molar-refractivity contribution in [3.63, 3.8) is 0 Å². The first-order valence-electron chi connectivity index (χ1n) is 8.41. The van der Waals surface area contributed by atoms with Crippen LogP contribution in [-0.2, 0) is 0 Å². The van der Waals surface area contributed by atoms with Gasteiger partial charge in [-0.2, -0.15) is 0 Å². The maximum atomic E-state index is 12.9. The minimum Gasteiger partial charge on any atom is -0.459 e. The lowest BCUT2D eigenvalue weighted by Gasteiger charge is -2.22. The predicted molar refractivity (Wildman–Crippen MR) is 96.7 cm³/mol. The van der Waals surface area contributed by atoms with Gasteiger partial charge in [-0.25, -0.2) is 0 Å². The number of H-pyrrole nitrogens is 1. The molecular weight excluding hydrogens is 358 g/mol. The van der Waals surface area contributed by atoms with Gasteiger partial charge in [0.25, 0.3) is 17.4 Å². The quantitative estimate of drug-likeness (QED) is 0.869. The van der Waals surface area contributed by atoms with Crippen LogP contribution in [0, 0.1) is 13.8 Å². The van der Waals surface area contributed by atoms with E-state index in [1.165, 1.54) is 6.26 Å². The van der Waals surface area contributed by atoms with E-state index in [0.29, 0.717) is 48.9 Å². The molecule has 0 atom stereocenters. The van der Waals surface area contributed by atoms with Gasteiger partial charge < -0.3 is 19.2 Å². The van der Waals surface area contributed by atoms with Crippen LogP contribution < -0.4 is 5.56 Å². The summed E-state index contributed by atoms with van der Waals surface area (Å²) in [6, 6.07) is 3.28. The highest BCUT2D eigenvalue weighted by Crippen LogP contribution is 2.20. The van der Waals surface area contributed by atoms with E-state index in [-0.39, 0.29) is 23.1 Å². The van der Waals surface area contributed by atoms with Gasteiger partial charge in [-0.3, -0.25) is 14.4 Å². The van der Waals surface area contributed by atoms with Crippen LogP contribution in [0.5, 0.6) is 0 Å². The topological polar surface area (TPSA) is 86.6 Å². The number of furan rings is 1. The average molecular weight is 378 g/mol. The molecule has 2 amide bonds. The van der Waals surface area contributed by atoms with Gasteiger partial charge in [0.05, 0.1) is 11.3 Å². The van der Waals surface area contributed by atoms with Gasteiger partial charge in [0.1, 0.15) is 5.56 Å². The Morgan fingerprint density at radius 1 is 1.12 bits per heavy atom. The highest BCUT2D eigenvalue weighted by Gasteiger charge is 2.27. The molecule has 1 saturated heterocycles. The van der Waals surface area contributed by atoms with Crippen molar-refractivity contribution in [3.8, 4) is 0 Å². The number of halogens is 1. The molecule has 1 fully saturated rings. The number of aromatic amines is 1. The lowest BCUT2D eigenvalue weighted by atomic mass is 10.1. The molecule has 0 aliphatic carbocycles. The number of carbonyl (C=O) groups is 2. The second kappa shape index (κ2) is 7.37. The van der Waals surface area contributed by atoms with E-state index in [1.807, 2.05) is 0 Å². The van der Waals surface area contributed by atoms with Gasteiger partial charge in [0.15, 0.2) is 5.76 Å². The zero-order chi connectivity index (χ0) is 18.8. The number of carbonyl (C=O) groups excluding carboxylic acids is 2. The van der Waals surface area contributed by atoms with Crippen LogP contribution in [0.15, 0.2) is 27.6 Å². The minimum absolute atomic E-state index is 0.0615. The SMILES string of the molecule is Cc1[nH]c(=O)c(C(=O)N2CCCN(C(=O)c3ccco3)CC2)c(C)c1Cl. The summed E-state index contributed by atoms with van der Waals surface area (Å²) in [4.78, 5) is 43.4. The summed E-state index contributed by atoms with van der Waals surface area (Å²) in [5.74, 6) is -0.281. The van der Waals surface area contributed by atoms with Crippen molar-refractivity contribution in [2.45, 2.75) is 20.3 Å². The number of aromatic nitrogens is 1. The maximum Gasteiger partial charge on any atom is 0.289 e. The summed E-state index contributed by atoms with van der Waals surface area (Å²) >= 11 is 6.19. The third-order valence-corrected chi connectivity index (χ3v) is 5.14. The van der Waals surface area contributed by atoms with Gasteiger partial charge in [0.2, 0.25) is 0 Å². The molecule has 7 nitrogen and oxygen atoms in total. The van der Waals surface area contributed by atoms with Gasteiger partial charge in [-0.05, 0) is 38.0 Å². The van der Waals surface area contributed by atoms with Crippen molar-refractivity contribution in [1.29, 1.82) is 0 Å². The molecule has 1 N–H and O–H groups in total. The number of hydrogen-bond donors (Lipinski definition) is 1. The van der Waals surface area contributed by atoms with Gasteiger partial charge in [-0.15, -0.1) is 0 Å². The van der Waals surface area contributed by atoms with Crippen molar-refractivity contribution >= 4 is 23.4 Å². The summed E-state index contributed by atoms with van der Waals surface area (Å²) in [7, 11) is 0. The first-order chi connectivity index (χ1) is 12.4. The standard InChI is InChI=1S/C18H20ClN3O4/c1-11-14(16(23)20-12(2)15(11)19)18(25)22-7-4-6-21(8-9-22)17(24)13-5-3-10-26-13/h3,5,10H,4,6-9H2,1-2H3,(H,20,23). The van der Waals surface area contributed by atoms with Crippen LogP contribution >= 0.6 is 11.6 Å². The molecule has 0 bridgehead atoms. The van der Waals surface area contributed by atoms with E-state index in [4.69, 9.17) is 16.0 Å². The Labute approximate surface area is 155 Å². The van der Waals surface area contributed by atoms with E-state index >= 15 is 0 Å². The fourth-order valence-corrected chi connectivity index (χ4v) is 3.29. The second-order valence-electron chi connectivity index (χ2n) is 6.31. The Balaban J connectivity index is 1.78. The summed E-state index contributed by atoms with van der Waals surface area (Å²) in [6.45, 7) is 5.06. The van der Waals surface area contributed by atoms with Crippen LogP contribution in [-0.4, -0.2) is 52.8 Å². The van der Waals surface area contributed by atoms with Crippen LogP contribution in [0.2, 0.25) is 5.02 Å². The smallest absolute Gasteiger partial charge is 0.289 e. The second-order valence-corrected chi connectivity index (χ2v) is 6.69. The molecule has 2 aromatic rings. The van der Waals surface area contributed by atoms with E-state index in [1.54, 1.807) is 35.8 Å². The summed E-state index contributed by atoms with van der Waals surface area (Å²) < 4.78 is 5.16. The molecular formula is C18H20ClN3O4. The average Bonchev–Trinajstić information content (AvgIpc) is 3.03. The van der Waals surface area contributed by atoms with Crippen molar-refractivity contribution in [1.82, 2.24) is 14.8 Å². The largest absolute Gasteiger partial charge is 0.459 e. The molecule has 8 heteroatoms. The van der Waals surface area contributed by atoms with E-state index in [0.717, 1.165) is 0 Å². The third kappa shape index (κ3) is 3.39. The van der Waals surface area contributed by atoms with E-state index < -0.39 is 5.56 Å². The zero-order valence-electron chi connectivity index (χ0n) is 14.7. The molecule has 0 saturated carbocycles. The van der Waals surface area contributed by atoms with Crippen LogP contribution in [0.25, 0.3) is 0 Å². The lowest BCUT2D eigenvalue weighted by molar-refractivity contribution is 0.0699. The molecule has 1 aliphatic rings.